The Hall–Kier alpha value is -2.74. The summed E-state index contributed by atoms with van der Waals surface area (Å²) in [4.78, 5) is 18.0. The van der Waals surface area contributed by atoms with E-state index < -0.39 is 17.1 Å². The minimum atomic E-state index is -1.42. The van der Waals surface area contributed by atoms with Crippen molar-refractivity contribution in [3.05, 3.63) is 77.3 Å². The number of nitrogens with zero attached hydrogens (tertiary/aromatic N) is 3. The smallest absolute Gasteiger partial charge is 0.175 e. The number of hydrogen-bond donors (Lipinski definition) is 2. The fourth-order valence-corrected chi connectivity index (χ4v) is 10.1. The van der Waals surface area contributed by atoms with Crippen molar-refractivity contribution in [1.82, 2.24) is 14.8 Å². The first-order chi connectivity index (χ1) is 19.6. The quantitative estimate of drug-likeness (QED) is 0.377. The van der Waals surface area contributed by atoms with Gasteiger partial charge in [0.05, 0.1) is 34.5 Å². The van der Waals surface area contributed by atoms with Crippen LogP contribution in [0.1, 0.15) is 62.8 Å². The molecule has 0 spiro atoms. The van der Waals surface area contributed by atoms with Crippen LogP contribution < -0.4 is 0 Å². The number of aliphatic hydroxyl groups excluding tert-OH is 1. The van der Waals surface area contributed by atoms with Gasteiger partial charge in [-0.3, -0.25) is 4.79 Å². The van der Waals surface area contributed by atoms with E-state index in [1.165, 1.54) is 28.5 Å². The number of carbonyl (C=O) groups is 1. The second-order valence-corrected chi connectivity index (χ2v) is 14.4. The number of benzene rings is 1. The van der Waals surface area contributed by atoms with Crippen molar-refractivity contribution in [2.24, 2.45) is 28.6 Å². The second kappa shape index (κ2) is 9.65. The van der Waals surface area contributed by atoms with Gasteiger partial charge in [0.1, 0.15) is 5.60 Å². The maximum atomic E-state index is 13.6. The zero-order chi connectivity index (χ0) is 28.6. The first-order valence-corrected chi connectivity index (χ1v) is 16.0. The number of ketones is 1. The number of hydrogen-bond acceptors (Lipinski definition) is 6. The maximum Gasteiger partial charge on any atom is 0.175 e. The Bertz CT molecular complexity index is 1520. The molecule has 214 valence electrons. The Morgan fingerprint density at radius 2 is 1.95 bits per heavy atom. The van der Waals surface area contributed by atoms with Crippen LogP contribution in [0.4, 0.5) is 0 Å². The monoisotopic (exact) mass is 569 g/mol. The molecule has 2 heterocycles. The first-order valence-electron chi connectivity index (χ1n) is 15.0. The molecular formula is C34H39N3O3S. The third-order valence-electron chi connectivity index (χ3n) is 11.3. The number of thioether (sulfide) groups is 1. The third-order valence-corrected chi connectivity index (χ3v) is 12.2. The van der Waals surface area contributed by atoms with Crippen molar-refractivity contribution >= 4 is 23.6 Å². The lowest BCUT2D eigenvalue weighted by Crippen LogP contribution is -2.62. The van der Waals surface area contributed by atoms with Crippen LogP contribution in [0, 0.1) is 35.5 Å². The Morgan fingerprint density at radius 3 is 2.71 bits per heavy atom. The minimum Gasteiger partial charge on any atom is -0.393 e. The summed E-state index contributed by atoms with van der Waals surface area (Å²) in [5.41, 5.74) is 3.85. The lowest BCUT2D eigenvalue weighted by Gasteiger charge is -2.60. The summed E-state index contributed by atoms with van der Waals surface area (Å²) in [7, 11) is 0. The summed E-state index contributed by atoms with van der Waals surface area (Å²) in [6.45, 7) is 6.51. The highest BCUT2D eigenvalue weighted by Crippen LogP contribution is 2.67. The fourth-order valence-electron chi connectivity index (χ4n) is 9.23. The molecule has 0 bridgehead atoms. The predicted molar refractivity (Wildman–Crippen MR) is 161 cm³/mol. The van der Waals surface area contributed by atoms with Gasteiger partial charge in [-0.25, -0.2) is 9.67 Å². The number of aromatic nitrogens is 3. The van der Waals surface area contributed by atoms with Crippen LogP contribution in [0.25, 0.3) is 11.8 Å². The number of fused-ring (bicyclic) bond motifs is 6. The van der Waals surface area contributed by atoms with Crippen LogP contribution in [0.5, 0.6) is 0 Å². The van der Waals surface area contributed by atoms with Gasteiger partial charge in [-0.2, -0.15) is 5.10 Å². The molecule has 3 aromatic rings. The van der Waals surface area contributed by atoms with Gasteiger partial charge < -0.3 is 10.2 Å². The molecule has 6 nitrogen and oxygen atoms in total. The molecule has 0 aliphatic heterocycles. The summed E-state index contributed by atoms with van der Waals surface area (Å²) in [6, 6.07) is 14.1. The summed E-state index contributed by atoms with van der Waals surface area (Å²) in [5, 5.41) is 29.5. The highest BCUT2D eigenvalue weighted by atomic mass is 32.2. The normalized spacial score (nSPS) is 35.6. The predicted octanol–water partition coefficient (Wildman–Crippen LogP) is 5.82. The number of aliphatic hydroxyl groups is 2. The molecular weight excluding hydrogens is 530 g/mol. The summed E-state index contributed by atoms with van der Waals surface area (Å²) in [6.07, 6.45) is 10.0. The van der Waals surface area contributed by atoms with Crippen molar-refractivity contribution in [3.8, 4) is 5.69 Å². The molecule has 7 atom stereocenters. The number of carbonyl (C=O) groups excluding carboxylic acids is 1. The molecule has 2 aromatic heterocycles. The van der Waals surface area contributed by atoms with Crippen molar-refractivity contribution in [1.29, 1.82) is 0 Å². The van der Waals surface area contributed by atoms with Crippen LogP contribution in [-0.4, -0.2) is 48.2 Å². The van der Waals surface area contributed by atoms with Gasteiger partial charge in [-0.1, -0.05) is 54.9 Å². The molecule has 3 fully saturated rings. The molecule has 0 radical (unpaired) electrons. The van der Waals surface area contributed by atoms with Crippen molar-refractivity contribution < 1.29 is 15.0 Å². The van der Waals surface area contributed by atoms with E-state index >= 15 is 0 Å². The molecule has 0 saturated heterocycles. The van der Waals surface area contributed by atoms with Gasteiger partial charge in [-0.05, 0) is 105 Å². The largest absolute Gasteiger partial charge is 0.393 e. The highest BCUT2D eigenvalue weighted by molar-refractivity contribution is 7.99. The summed E-state index contributed by atoms with van der Waals surface area (Å²) in [5.74, 6) is 0.636. The zero-order valence-corrected chi connectivity index (χ0v) is 24.9. The summed E-state index contributed by atoms with van der Waals surface area (Å²) >= 11 is 1.39. The van der Waals surface area contributed by atoms with E-state index in [0.717, 1.165) is 42.1 Å². The summed E-state index contributed by atoms with van der Waals surface area (Å²) < 4.78 is 2.05. The van der Waals surface area contributed by atoms with E-state index in [1.54, 1.807) is 6.20 Å². The minimum absolute atomic E-state index is 0.0943. The van der Waals surface area contributed by atoms with Crippen LogP contribution in [-0.2, 0) is 11.2 Å². The van der Waals surface area contributed by atoms with Crippen molar-refractivity contribution in [2.75, 3.05) is 5.75 Å². The molecule has 5 unspecified atom stereocenters. The highest BCUT2D eigenvalue weighted by Gasteiger charge is 2.68. The standard InChI is InChI=1S/C34H39N3O3S/c1-21-7-10-24(11-8-21)37-27-16-23-9-12-25-26-13-14-34(40,29(39)20-41-30-6-4-5-15-35-30)33(26,3)18-28(38)31(25)32(23,2)17-22(27)19-36-37/h4-8,10-11,15-16,19,25-26,28,31,38,40H,9,12-14,17-18,20H2,1-3H3/t25?,26?,28-,31?,32?,33?,34-/m0/s1. The van der Waals surface area contributed by atoms with Gasteiger partial charge in [0.15, 0.2) is 5.78 Å². The Balaban J connectivity index is 1.16. The molecule has 0 amide bonds. The molecule has 1 aromatic carbocycles. The van der Waals surface area contributed by atoms with Crippen molar-refractivity contribution in [2.45, 2.75) is 76.0 Å². The van der Waals surface area contributed by atoms with Crippen molar-refractivity contribution in [3.63, 3.8) is 0 Å². The molecule has 2 N–H and O–H groups in total. The van der Waals surface area contributed by atoms with E-state index in [9.17, 15) is 15.0 Å². The van der Waals surface area contributed by atoms with E-state index in [4.69, 9.17) is 5.10 Å². The SMILES string of the molecule is Cc1ccc(-n2ncc3c2C=C2CCC4C([C@@H](O)CC5(C)C4CC[C@]5(O)C(=O)CSc4ccccn4)C2(C)C3)cc1. The van der Waals surface area contributed by atoms with E-state index in [2.05, 4.69) is 56.1 Å². The van der Waals surface area contributed by atoms with Gasteiger partial charge in [-0.15, -0.1) is 0 Å². The van der Waals surface area contributed by atoms with Gasteiger partial charge in [0.25, 0.3) is 0 Å². The zero-order valence-electron chi connectivity index (χ0n) is 24.1. The Labute approximate surface area is 246 Å². The number of allylic oxidation sites excluding steroid dienone is 1. The van der Waals surface area contributed by atoms with Crippen LogP contribution in [0.3, 0.4) is 0 Å². The Morgan fingerprint density at radius 1 is 1.15 bits per heavy atom. The number of aryl methyl sites for hydroxylation is 1. The lowest BCUT2D eigenvalue weighted by atomic mass is 9.45. The maximum absolute atomic E-state index is 13.6. The molecule has 4 aliphatic rings. The molecule has 7 rings (SSSR count). The average Bonchev–Trinajstić information content (AvgIpc) is 3.48. The lowest BCUT2D eigenvalue weighted by molar-refractivity contribution is -0.177. The molecule has 4 aliphatic carbocycles. The van der Waals surface area contributed by atoms with E-state index in [0.29, 0.717) is 12.8 Å². The number of pyridine rings is 1. The average molecular weight is 570 g/mol. The van der Waals surface area contributed by atoms with Crippen LogP contribution in [0.2, 0.25) is 0 Å². The van der Waals surface area contributed by atoms with E-state index in [-0.39, 0.29) is 34.7 Å². The van der Waals surface area contributed by atoms with Crippen LogP contribution >= 0.6 is 11.8 Å². The molecule has 3 saturated carbocycles. The second-order valence-electron chi connectivity index (χ2n) is 13.4. The number of Topliss-reactive ketones (excluding diaryl/α,β-unsaturated/α-hetero) is 1. The number of rotatable bonds is 5. The topological polar surface area (TPSA) is 88.2 Å². The van der Waals surface area contributed by atoms with Gasteiger partial charge in [0, 0.05) is 11.6 Å². The molecule has 7 heteroatoms. The fraction of sp³-hybridized carbons (Fsp3) is 0.500. The van der Waals surface area contributed by atoms with Gasteiger partial charge in [0.2, 0.25) is 0 Å². The first kappa shape index (κ1) is 27.1. The van der Waals surface area contributed by atoms with Crippen LogP contribution in [0.15, 0.2) is 65.5 Å². The van der Waals surface area contributed by atoms with E-state index in [1.807, 2.05) is 29.1 Å². The van der Waals surface area contributed by atoms with Gasteiger partial charge >= 0.3 is 0 Å². The Kier molecular flexibility index (Phi) is 6.38. The third kappa shape index (κ3) is 4.03. The molecule has 41 heavy (non-hydrogen) atoms.